The molecule has 0 aliphatic heterocycles. The molecule has 1 aromatic carbocycles. The molecule has 5 nitrogen and oxygen atoms in total. The third-order valence-electron chi connectivity index (χ3n) is 3.51. The lowest BCUT2D eigenvalue weighted by Gasteiger charge is -2.27. The Labute approximate surface area is 125 Å². The molecule has 0 heterocycles. The lowest BCUT2D eigenvalue weighted by atomic mass is 10.1. The Morgan fingerprint density at radius 1 is 1.38 bits per heavy atom. The topological polar surface area (TPSA) is 80.5 Å². The van der Waals surface area contributed by atoms with E-state index >= 15 is 0 Å². The number of nitrogens with zero attached hydrogens (tertiary/aromatic N) is 1. The Morgan fingerprint density at radius 2 is 1.95 bits per heavy atom. The number of hydrogen-bond acceptors (Lipinski definition) is 3. The third-order valence-corrected chi connectivity index (χ3v) is 4.40. The van der Waals surface area contributed by atoms with Crippen molar-refractivity contribution < 1.29 is 17.6 Å². The predicted molar refractivity (Wildman–Crippen MR) is 79.0 cm³/mol. The number of nitrogens with two attached hydrogens (primary N) is 1. The fourth-order valence-electron chi connectivity index (χ4n) is 2.09. The Morgan fingerprint density at radius 3 is 2.38 bits per heavy atom. The normalized spacial score (nSPS) is 13.0. The highest BCUT2D eigenvalue weighted by atomic mass is 32.2. The number of halogens is 1. The van der Waals surface area contributed by atoms with E-state index in [0.717, 1.165) is 18.6 Å². The minimum absolute atomic E-state index is 0.0691. The summed E-state index contributed by atoms with van der Waals surface area (Å²) in [5.41, 5.74) is -0.189. The van der Waals surface area contributed by atoms with Crippen molar-refractivity contribution in [2.24, 2.45) is 5.14 Å². The Hall–Kier alpha value is -1.47. The molecule has 0 aliphatic carbocycles. The molecule has 0 aromatic heterocycles. The standard InChI is InChI=1S/C14H21FN2O3S/c1-5-10(4)17(6-2)14(18)12-8-11(21(16,19)20)7-9(3)13(12)15/h7-8,10H,5-6H2,1-4H3,(H2,16,19,20). The van der Waals surface area contributed by atoms with Gasteiger partial charge in [0.05, 0.1) is 10.5 Å². The number of carbonyl (C=O) groups is 1. The minimum atomic E-state index is -3.99. The summed E-state index contributed by atoms with van der Waals surface area (Å²) in [5.74, 6) is -1.24. The number of amides is 1. The van der Waals surface area contributed by atoms with Crippen LogP contribution in [-0.4, -0.2) is 31.8 Å². The van der Waals surface area contributed by atoms with Gasteiger partial charge in [0.2, 0.25) is 10.0 Å². The van der Waals surface area contributed by atoms with Crippen molar-refractivity contribution in [2.45, 2.75) is 45.1 Å². The molecular formula is C14H21FN2O3S. The van der Waals surface area contributed by atoms with Crippen LogP contribution in [0.3, 0.4) is 0 Å². The van der Waals surface area contributed by atoms with Crippen LogP contribution < -0.4 is 5.14 Å². The third kappa shape index (κ3) is 3.79. The van der Waals surface area contributed by atoms with E-state index < -0.39 is 21.7 Å². The van der Waals surface area contributed by atoms with Crippen LogP contribution in [0, 0.1) is 12.7 Å². The molecule has 0 saturated carbocycles. The van der Waals surface area contributed by atoms with Gasteiger partial charge < -0.3 is 4.90 Å². The predicted octanol–water partition coefficient (Wildman–Crippen LogP) is 2.04. The van der Waals surface area contributed by atoms with Gasteiger partial charge in [-0.15, -0.1) is 0 Å². The maximum atomic E-state index is 14.2. The molecule has 0 radical (unpaired) electrons. The van der Waals surface area contributed by atoms with Crippen LogP contribution in [-0.2, 0) is 10.0 Å². The molecular weight excluding hydrogens is 295 g/mol. The average Bonchev–Trinajstić information content (AvgIpc) is 2.40. The van der Waals surface area contributed by atoms with E-state index in [0.29, 0.717) is 6.54 Å². The van der Waals surface area contributed by atoms with Crippen molar-refractivity contribution in [3.05, 3.63) is 29.1 Å². The maximum Gasteiger partial charge on any atom is 0.257 e. The molecule has 21 heavy (non-hydrogen) atoms. The lowest BCUT2D eigenvalue weighted by molar-refractivity contribution is 0.0694. The van der Waals surface area contributed by atoms with Crippen molar-refractivity contribution in [2.75, 3.05) is 6.54 Å². The summed E-state index contributed by atoms with van der Waals surface area (Å²) in [7, 11) is -3.99. The summed E-state index contributed by atoms with van der Waals surface area (Å²) >= 11 is 0. The number of carbonyl (C=O) groups excluding carboxylic acids is 1. The van der Waals surface area contributed by atoms with Gasteiger partial charge in [0.15, 0.2) is 0 Å². The fraction of sp³-hybridized carbons (Fsp3) is 0.500. The van der Waals surface area contributed by atoms with Crippen molar-refractivity contribution in [3.63, 3.8) is 0 Å². The molecule has 7 heteroatoms. The smallest absolute Gasteiger partial charge is 0.257 e. The van der Waals surface area contributed by atoms with Gasteiger partial charge >= 0.3 is 0 Å². The van der Waals surface area contributed by atoms with Gasteiger partial charge in [0, 0.05) is 12.6 Å². The zero-order valence-corrected chi connectivity index (χ0v) is 13.5. The molecule has 118 valence electrons. The van der Waals surface area contributed by atoms with Crippen LogP contribution in [0.2, 0.25) is 0 Å². The zero-order valence-electron chi connectivity index (χ0n) is 12.7. The highest BCUT2D eigenvalue weighted by molar-refractivity contribution is 7.89. The largest absolute Gasteiger partial charge is 0.336 e. The molecule has 0 spiro atoms. The first-order chi connectivity index (χ1) is 9.63. The first kappa shape index (κ1) is 17.6. The fourth-order valence-corrected chi connectivity index (χ4v) is 2.71. The minimum Gasteiger partial charge on any atom is -0.336 e. The molecule has 2 N–H and O–H groups in total. The van der Waals surface area contributed by atoms with Crippen molar-refractivity contribution in [1.29, 1.82) is 0 Å². The first-order valence-corrected chi connectivity index (χ1v) is 8.32. The zero-order chi connectivity index (χ0) is 16.4. The SMILES string of the molecule is CCC(C)N(CC)C(=O)c1cc(S(N)(=O)=O)cc(C)c1F. The highest BCUT2D eigenvalue weighted by Crippen LogP contribution is 2.21. The van der Waals surface area contributed by atoms with E-state index in [2.05, 4.69) is 0 Å². The van der Waals surface area contributed by atoms with E-state index in [9.17, 15) is 17.6 Å². The molecule has 1 amide bonds. The molecule has 1 rings (SSSR count). The van der Waals surface area contributed by atoms with Crippen molar-refractivity contribution >= 4 is 15.9 Å². The van der Waals surface area contributed by atoms with Gasteiger partial charge in [-0.2, -0.15) is 0 Å². The van der Waals surface area contributed by atoms with Gasteiger partial charge in [0.1, 0.15) is 5.82 Å². The van der Waals surface area contributed by atoms with Gasteiger partial charge in [-0.05, 0) is 44.9 Å². The van der Waals surface area contributed by atoms with E-state index in [1.54, 1.807) is 6.92 Å². The lowest BCUT2D eigenvalue weighted by Crippen LogP contribution is -2.38. The van der Waals surface area contributed by atoms with Crippen LogP contribution in [0.4, 0.5) is 4.39 Å². The average molecular weight is 316 g/mol. The summed E-state index contributed by atoms with van der Waals surface area (Å²) in [5, 5.41) is 5.06. The highest BCUT2D eigenvalue weighted by Gasteiger charge is 2.25. The second kappa shape index (κ2) is 6.53. The number of aryl methyl sites for hydroxylation is 1. The number of hydrogen-bond donors (Lipinski definition) is 1. The van der Waals surface area contributed by atoms with Crippen LogP contribution in [0.1, 0.15) is 43.1 Å². The monoisotopic (exact) mass is 316 g/mol. The summed E-state index contributed by atoms with van der Waals surface area (Å²) in [6.07, 6.45) is 0.717. The first-order valence-electron chi connectivity index (χ1n) is 6.77. The van der Waals surface area contributed by atoms with Crippen LogP contribution >= 0.6 is 0 Å². The number of rotatable bonds is 5. The maximum absolute atomic E-state index is 14.2. The summed E-state index contributed by atoms with van der Waals surface area (Å²) in [4.78, 5) is 13.7. The molecule has 0 bridgehead atoms. The van der Waals surface area contributed by atoms with Gasteiger partial charge in [-0.25, -0.2) is 17.9 Å². The quantitative estimate of drug-likeness (QED) is 0.902. The Bertz CT molecular complexity index is 644. The van der Waals surface area contributed by atoms with Crippen molar-refractivity contribution in [3.8, 4) is 0 Å². The molecule has 1 aromatic rings. The number of primary sulfonamides is 1. The van der Waals surface area contributed by atoms with Crippen LogP contribution in [0.15, 0.2) is 17.0 Å². The molecule has 1 atom stereocenters. The molecule has 1 unspecified atom stereocenters. The molecule has 0 aliphatic rings. The van der Waals surface area contributed by atoms with E-state index in [4.69, 9.17) is 5.14 Å². The second-order valence-electron chi connectivity index (χ2n) is 5.00. The Kier molecular flexibility index (Phi) is 5.47. The second-order valence-corrected chi connectivity index (χ2v) is 6.56. The van der Waals surface area contributed by atoms with Gasteiger partial charge in [0.25, 0.3) is 5.91 Å². The summed E-state index contributed by atoms with van der Waals surface area (Å²) < 4.78 is 37.1. The van der Waals surface area contributed by atoms with Crippen molar-refractivity contribution in [1.82, 2.24) is 4.90 Å². The van der Waals surface area contributed by atoms with E-state index in [-0.39, 0.29) is 22.1 Å². The Balaban J connectivity index is 3.42. The van der Waals surface area contributed by atoms with E-state index in [1.807, 2.05) is 13.8 Å². The van der Waals surface area contributed by atoms with Gasteiger partial charge in [-0.3, -0.25) is 4.79 Å². The molecule has 0 saturated heterocycles. The summed E-state index contributed by atoms with van der Waals surface area (Å²) in [6, 6.07) is 2.06. The van der Waals surface area contributed by atoms with Crippen LogP contribution in [0.5, 0.6) is 0 Å². The van der Waals surface area contributed by atoms with Crippen LogP contribution in [0.25, 0.3) is 0 Å². The number of sulfonamides is 1. The molecule has 0 fully saturated rings. The van der Waals surface area contributed by atoms with E-state index in [1.165, 1.54) is 11.8 Å². The van der Waals surface area contributed by atoms with Gasteiger partial charge in [-0.1, -0.05) is 6.92 Å². The number of benzene rings is 1. The summed E-state index contributed by atoms with van der Waals surface area (Å²) in [6.45, 7) is 7.38.